The van der Waals surface area contributed by atoms with Gasteiger partial charge in [-0.25, -0.2) is 4.98 Å². The van der Waals surface area contributed by atoms with E-state index in [0.29, 0.717) is 12.4 Å². The lowest BCUT2D eigenvalue weighted by molar-refractivity contribution is -0.131. The highest BCUT2D eigenvalue weighted by Gasteiger charge is 2.34. The van der Waals surface area contributed by atoms with Crippen molar-refractivity contribution in [3.8, 4) is 11.3 Å². The van der Waals surface area contributed by atoms with Crippen LogP contribution in [-0.4, -0.2) is 35.4 Å². The summed E-state index contributed by atoms with van der Waals surface area (Å²) in [5.41, 5.74) is 1.98. The molecule has 2 heterocycles. The fourth-order valence-corrected chi connectivity index (χ4v) is 3.81. The molecule has 1 saturated carbocycles. The second kappa shape index (κ2) is 7.85. The van der Waals surface area contributed by atoms with E-state index < -0.39 is 0 Å². The number of hydrogen-bond donors (Lipinski definition) is 1. The summed E-state index contributed by atoms with van der Waals surface area (Å²) in [7, 11) is 0. The zero-order chi connectivity index (χ0) is 18.8. The van der Waals surface area contributed by atoms with E-state index in [0.717, 1.165) is 48.9 Å². The molecule has 2 aliphatic rings. The molecule has 5 nitrogen and oxygen atoms in total. The van der Waals surface area contributed by atoms with Gasteiger partial charge < -0.3 is 14.6 Å². The molecule has 1 unspecified atom stereocenters. The van der Waals surface area contributed by atoms with Crippen molar-refractivity contribution < 1.29 is 9.21 Å². The van der Waals surface area contributed by atoms with Gasteiger partial charge in [0, 0.05) is 18.0 Å². The first-order valence-corrected chi connectivity index (χ1v) is 10.2. The Hall–Kier alpha value is -2.14. The van der Waals surface area contributed by atoms with Crippen LogP contribution in [0.2, 0.25) is 0 Å². The van der Waals surface area contributed by atoms with E-state index >= 15 is 0 Å². The third-order valence-corrected chi connectivity index (χ3v) is 5.51. The van der Waals surface area contributed by atoms with Crippen molar-refractivity contribution in [2.45, 2.75) is 51.5 Å². The standard InChI is InChI=1S/C22H29N3O2/c1-15(2)21-20(17-7-4-3-5-8-17)24-22(27-21)18-9-6-12-25(18)19(26)14-23-13-16-10-11-16/h3-5,7-8,15-16,18,23H,6,9-14H2,1-2H3. The number of likely N-dealkylation sites (tertiary alicyclic amines) is 1. The summed E-state index contributed by atoms with van der Waals surface area (Å²) in [6.07, 6.45) is 4.51. The lowest BCUT2D eigenvalue weighted by Crippen LogP contribution is -2.38. The summed E-state index contributed by atoms with van der Waals surface area (Å²) in [5, 5.41) is 3.31. The summed E-state index contributed by atoms with van der Waals surface area (Å²) in [4.78, 5) is 19.5. The third-order valence-electron chi connectivity index (χ3n) is 5.51. The number of amides is 1. The minimum atomic E-state index is -0.0461. The highest BCUT2D eigenvalue weighted by Crippen LogP contribution is 2.37. The molecule has 5 heteroatoms. The molecule has 2 fully saturated rings. The molecule has 1 aliphatic heterocycles. The molecular weight excluding hydrogens is 338 g/mol. The average Bonchev–Trinajstić information content (AvgIpc) is 3.20. The Morgan fingerprint density at radius 3 is 2.74 bits per heavy atom. The van der Waals surface area contributed by atoms with Gasteiger partial charge in [0.05, 0.1) is 6.54 Å². The van der Waals surface area contributed by atoms with E-state index in [9.17, 15) is 4.79 Å². The average molecular weight is 367 g/mol. The monoisotopic (exact) mass is 367 g/mol. The molecule has 27 heavy (non-hydrogen) atoms. The number of hydrogen-bond acceptors (Lipinski definition) is 4. The molecule has 144 valence electrons. The molecule has 1 amide bonds. The normalized spacial score (nSPS) is 19.8. The zero-order valence-corrected chi connectivity index (χ0v) is 16.3. The van der Waals surface area contributed by atoms with E-state index in [4.69, 9.17) is 9.40 Å². The number of carbonyl (C=O) groups excluding carboxylic acids is 1. The van der Waals surface area contributed by atoms with Crippen LogP contribution in [-0.2, 0) is 4.79 Å². The highest BCUT2D eigenvalue weighted by atomic mass is 16.4. The van der Waals surface area contributed by atoms with Gasteiger partial charge in [0.1, 0.15) is 17.5 Å². The van der Waals surface area contributed by atoms with Gasteiger partial charge in [0.2, 0.25) is 11.8 Å². The Labute approximate surface area is 161 Å². The molecule has 1 atom stereocenters. The quantitative estimate of drug-likeness (QED) is 0.799. The fourth-order valence-electron chi connectivity index (χ4n) is 3.81. The first kappa shape index (κ1) is 18.2. The molecule has 1 N–H and O–H groups in total. The van der Waals surface area contributed by atoms with Crippen molar-refractivity contribution in [2.75, 3.05) is 19.6 Å². The topological polar surface area (TPSA) is 58.4 Å². The van der Waals surface area contributed by atoms with Crippen molar-refractivity contribution in [2.24, 2.45) is 5.92 Å². The Bertz CT molecular complexity index is 780. The molecule has 0 radical (unpaired) electrons. The smallest absolute Gasteiger partial charge is 0.237 e. The van der Waals surface area contributed by atoms with Crippen LogP contribution in [0.3, 0.4) is 0 Å². The maximum atomic E-state index is 12.7. The van der Waals surface area contributed by atoms with Gasteiger partial charge in [0.25, 0.3) is 0 Å². The van der Waals surface area contributed by atoms with E-state index in [2.05, 4.69) is 31.3 Å². The largest absolute Gasteiger partial charge is 0.442 e. The second-order valence-corrected chi connectivity index (χ2v) is 8.11. The van der Waals surface area contributed by atoms with Gasteiger partial charge in [-0.15, -0.1) is 0 Å². The third kappa shape index (κ3) is 4.08. The number of nitrogens with one attached hydrogen (secondary N) is 1. The van der Waals surface area contributed by atoms with Crippen LogP contribution in [0.25, 0.3) is 11.3 Å². The Kier molecular flexibility index (Phi) is 5.30. The van der Waals surface area contributed by atoms with Crippen LogP contribution in [0.15, 0.2) is 34.7 Å². The molecule has 0 bridgehead atoms. The van der Waals surface area contributed by atoms with E-state index in [1.54, 1.807) is 0 Å². The van der Waals surface area contributed by atoms with Gasteiger partial charge >= 0.3 is 0 Å². The van der Waals surface area contributed by atoms with Crippen molar-refractivity contribution in [1.29, 1.82) is 0 Å². The lowest BCUT2D eigenvalue weighted by atomic mass is 10.0. The Balaban J connectivity index is 1.53. The molecule has 1 aromatic heterocycles. The summed E-state index contributed by atoms with van der Waals surface area (Å²) in [6, 6.07) is 10.1. The van der Waals surface area contributed by atoms with Gasteiger partial charge in [-0.2, -0.15) is 0 Å². The van der Waals surface area contributed by atoms with Crippen molar-refractivity contribution in [1.82, 2.24) is 15.2 Å². The van der Waals surface area contributed by atoms with Crippen molar-refractivity contribution in [3.05, 3.63) is 42.0 Å². The van der Waals surface area contributed by atoms with Crippen molar-refractivity contribution in [3.63, 3.8) is 0 Å². The van der Waals surface area contributed by atoms with E-state index in [1.165, 1.54) is 12.8 Å². The van der Waals surface area contributed by atoms with Crippen LogP contribution < -0.4 is 5.32 Å². The van der Waals surface area contributed by atoms with Crippen LogP contribution >= 0.6 is 0 Å². The maximum Gasteiger partial charge on any atom is 0.237 e. The van der Waals surface area contributed by atoms with Crippen LogP contribution in [0.4, 0.5) is 0 Å². The lowest BCUT2D eigenvalue weighted by Gasteiger charge is -2.22. The first-order chi connectivity index (χ1) is 13.1. The summed E-state index contributed by atoms with van der Waals surface area (Å²) in [6.45, 7) is 6.40. The summed E-state index contributed by atoms with van der Waals surface area (Å²) in [5.74, 6) is 2.77. The minimum Gasteiger partial charge on any atom is -0.442 e. The van der Waals surface area contributed by atoms with Crippen LogP contribution in [0.1, 0.15) is 63.1 Å². The van der Waals surface area contributed by atoms with E-state index in [1.807, 2.05) is 23.1 Å². The van der Waals surface area contributed by atoms with Crippen molar-refractivity contribution >= 4 is 5.91 Å². The summed E-state index contributed by atoms with van der Waals surface area (Å²) >= 11 is 0. The predicted octanol–water partition coefficient (Wildman–Crippen LogP) is 4.13. The molecular formula is C22H29N3O2. The molecule has 0 spiro atoms. The number of oxazole rings is 1. The number of carbonyl (C=O) groups is 1. The molecule has 1 aromatic carbocycles. The molecule has 2 aromatic rings. The zero-order valence-electron chi connectivity index (χ0n) is 16.3. The van der Waals surface area contributed by atoms with Gasteiger partial charge in [-0.3, -0.25) is 4.79 Å². The number of nitrogens with zero attached hydrogens (tertiary/aromatic N) is 2. The molecule has 1 saturated heterocycles. The van der Waals surface area contributed by atoms with Gasteiger partial charge in [-0.1, -0.05) is 44.2 Å². The fraction of sp³-hybridized carbons (Fsp3) is 0.545. The SMILES string of the molecule is CC(C)c1oc(C2CCCN2C(=O)CNCC2CC2)nc1-c1ccccc1. The number of rotatable bonds is 7. The molecule has 4 rings (SSSR count). The highest BCUT2D eigenvalue weighted by molar-refractivity contribution is 5.79. The maximum absolute atomic E-state index is 12.7. The Morgan fingerprint density at radius 2 is 2.04 bits per heavy atom. The second-order valence-electron chi connectivity index (χ2n) is 8.11. The Morgan fingerprint density at radius 1 is 1.26 bits per heavy atom. The van der Waals surface area contributed by atoms with Gasteiger partial charge in [0.15, 0.2) is 0 Å². The molecule has 1 aliphatic carbocycles. The minimum absolute atomic E-state index is 0.0461. The van der Waals surface area contributed by atoms with E-state index in [-0.39, 0.29) is 17.9 Å². The number of aromatic nitrogens is 1. The van der Waals surface area contributed by atoms with Gasteiger partial charge in [-0.05, 0) is 38.1 Å². The van der Waals surface area contributed by atoms with Crippen LogP contribution in [0.5, 0.6) is 0 Å². The first-order valence-electron chi connectivity index (χ1n) is 10.2. The predicted molar refractivity (Wildman–Crippen MR) is 105 cm³/mol. The number of benzene rings is 1. The summed E-state index contributed by atoms with van der Waals surface area (Å²) < 4.78 is 6.22. The van der Waals surface area contributed by atoms with Crippen LogP contribution in [0, 0.1) is 5.92 Å².